The number of carbonyl (C=O) groups is 1. The Bertz CT molecular complexity index is 810. The summed E-state index contributed by atoms with van der Waals surface area (Å²) in [6.07, 6.45) is 1.69. The average Bonchev–Trinajstić information content (AvgIpc) is 3.00. The second-order valence-corrected chi connectivity index (χ2v) is 6.94. The quantitative estimate of drug-likeness (QED) is 0.742. The number of aromatic nitrogens is 4. The molecule has 0 amide bonds. The van der Waals surface area contributed by atoms with Crippen LogP contribution in [0.2, 0.25) is 0 Å². The molecule has 0 bridgehead atoms. The monoisotopic (exact) mass is 366 g/mol. The van der Waals surface area contributed by atoms with Crippen LogP contribution in [0.5, 0.6) is 0 Å². The van der Waals surface area contributed by atoms with Gasteiger partial charge < -0.3 is 14.4 Å². The van der Waals surface area contributed by atoms with Crippen LogP contribution in [0.3, 0.4) is 0 Å². The van der Waals surface area contributed by atoms with Gasteiger partial charge in [0.05, 0.1) is 19.3 Å². The molecule has 0 aliphatic carbocycles. The Morgan fingerprint density at radius 1 is 1.42 bits per heavy atom. The maximum atomic E-state index is 14.2. The highest BCUT2D eigenvalue weighted by Crippen LogP contribution is 2.11. The second kappa shape index (κ2) is 8.22. The highest BCUT2D eigenvalue weighted by atomic mass is 19.1. The van der Waals surface area contributed by atoms with Crippen molar-refractivity contribution in [2.45, 2.75) is 58.7 Å². The van der Waals surface area contributed by atoms with E-state index in [1.165, 1.54) is 27.7 Å². The molecular formula is C17H23FN4O4. The van der Waals surface area contributed by atoms with Gasteiger partial charge >= 0.3 is 5.97 Å². The number of rotatable bonds is 7. The first-order valence-electron chi connectivity index (χ1n) is 8.26. The Hall–Kier alpha value is -2.55. The average molecular weight is 366 g/mol. The van der Waals surface area contributed by atoms with E-state index in [4.69, 9.17) is 9.84 Å². The summed E-state index contributed by atoms with van der Waals surface area (Å²) in [5.41, 5.74) is -0.414. The molecule has 0 spiro atoms. The van der Waals surface area contributed by atoms with Crippen LogP contribution in [0, 0.1) is 0 Å². The molecule has 1 atom stereocenters. The zero-order valence-electron chi connectivity index (χ0n) is 15.1. The van der Waals surface area contributed by atoms with Crippen molar-refractivity contribution in [3.05, 3.63) is 46.1 Å². The number of aliphatic hydroxyl groups excluding tert-OH is 1. The summed E-state index contributed by atoms with van der Waals surface area (Å²) >= 11 is 0. The first kappa shape index (κ1) is 19.8. The zero-order chi connectivity index (χ0) is 19.3. The predicted molar refractivity (Wildman–Crippen MR) is 91.3 cm³/mol. The maximum Gasteiger partial charge on any atom is 0.361 e. The fourth-order valence-corrected chi connectivity index (χ4v) is 2.22. The van der Waals surface area contributed by atoms with E-state index in [0.717, 1.165) is 0 Å². The lowest BCUT2D eigenvalue weighted by Crippen LogP contribution is -2.24. The fraction of sp³-hybridized carbons (Fsp3) is 0.529. The third kappa shape index (κ3) is 5.76. The summed E-state index contributed by atoms with van der Waals surface area (Å²) in [7, 11) is 0. The molecule has 1 unspecified atom stereocenters. The van der Waals surface area contributed by atoms with Gasteiger partial charge in [0.1, 0.15) is 11.8 Å². The predicted octanol–water partition coefficient (Wildman–Crippen LogP) is 1.32. The second-order valence-electron chi connectivity index (χ2n) is 6.94. The smallest absolute Gasteiger partial charge is 0.361 e. The first-order chi connectivity index (χ1) is 12.2. The molecule has 1 N–H and O–H groups in total. The van der Waals surface area contributed by atoms with Gasteiger partial charge in [-0.3, -0.25) is 4.79 Å². The van der Waals surface area contributed by atoms with Crippen LogP contribution in [-0.4, -0.2) is 42.4 Å². The molecule has 0 saturated heterocycles. The summed E-state index contributed by atoms with van der Waals surface area (Å²) < 4.78 is 22.0. The van der Waals surface area contributed by atoms with E-state index in [-0.39, 0.29) is 37.4 Å². The van der Waals surface area contributed by atoms with Gasteiger partial charge in [-0.1, -0.05) is 5.21 Å². The molecule has 2 aromatic rings. The number of alkyl halides is 1. The van der Waals surface area contributed by atoms with Gasteiger partial charge in [0.2, 0.25) is 0 Å². The van der Waals surface area contributed by atoms with Gasteiger partial charge in [0.25, 0.3) is 5.56 Å². The van der Waals surface area contributed by atoms with Crippen molar-refractivity contribution in [1.29, 1.82) is 0 Å². The minimum absolute atomic E-state index is 0.0166. The molecule has 2 heterocycles. The Kier molecular flexibility index (Phi) is 6.25. The minimum Gasteiger partial charge on any atom is -0.455 e. The Labute approximate surface area is 150 Å². The van der Waals surface area contributed by atoms with Crippen LogP contribution in [0.25, 0.3) is 0 Å². The maximum absolute atomic E-state index is 14.2. The third-order valence-corrected chi connectivity index (χ3v) is 3.46. The Balaban J connectivity index is 1.89. The van der Waals surface area contributed by atoms with E-state index >= 15 is 0 Å². The standard InChI is InChI=1S/C17H23FN4O4/c1-17(2,3)26-16(25)14-10-22(20-19-14)9-13(18)5-7-21-6-4-12(11-23)8-15(21)24/h4,6,8,10,13,23H,5,7,9,11H2,1-3H3. The molecule has 0 fully saturated rings. The number of ether oxygens (including phenoxy) is 1. The molecule has 0 aromatic carbocycles. The van der Waals surface area contributed by atoms with Crippen molar-refractivity contribution in [2.75, 3.05) is 0 Å². The normalized spacial score (nSPS) is 12.8. The van der Waals surface area contributed by atoms with Crippen molar-refractivity contribution in [2.24, 2.45) is 0 Å². The van der Waals surface area contributed by atoms with Crippen LogP contribution >= 0.6 is 0 Å². The SMILES string of the molecule is CC(C)(C)OC(=O)c1cn(CC(F)CCn2ccc(CO)cc2=O)nn1. The van der Waals surface area contributed by atoms with Gasteiger partial charge in [0.15, 0.2) is 5.69 Å². The molecular weight excluding hydrogens is 343 g/mol. The van der Waals surface area contributed by atoms with E-state index in [0.29, 0.717) is 5.56 Å². The van der Waals surface area contributed by atoms with Gasteiger partial charge in [-0.2, -0.15) is 0 Å². The van der Waals surface area contributed by atoms with Crippen molar-refractivity contribution in [1.82, 2.24) is 19.6 Å². The molecule has 0 saturated carbocycles. The molecule has 0 radical (unpaired) electrons. The number of nitrogens with zero attached hydrogens (tertiary/aromatic N) is 4. The summed E-state index contributed by atoms with van der Waals surface area (Å²) in [4.78, 5) is 23.7. The number of aliphatic hydroxyl groups is 1. The number of hydrogen-bond donors (Lipinski definition) is 1. The lowest BCUT2D eigenvalue weighted by molar-refractivity contribution is 0.00626. The summed E-state index contributed by atoms with van der Waals surface area (Å²) in [5, 5.41) is 16.4. The fourth-order valence-electron chi connectivity index (χ4n) is 2.22. The zero-order valence-corrected chi connectivity index (χ0v) is 15.1. The molecule has 0 aliphatic rings. The number of halogens is 1. The molecule has 8 nitrogen and oxygen atoms in total. The molecule has 9 heteroatoms. The Morgan fingerprint density at radius 2 is 2.15 bits per heavy atom. The minimum atomic E-state index is -1.27. The lowest BCUT2D eigenvalue weighted by atomic mass is 10.2. The third-order valence-electron chi connectivity index (χ3n) is 3.46. The van der Waals surface area contributed by atoms with E-state index in [2.05, 4.69) is 10.3 Å². The van der Waals surface area contributed by atoms with Crippen molar-refractivity contribution in [3.63, 3.8) is 0 Å². The largest absolute Gasteiger partial charge is 0.455 e. The van der Waals surface area contributed by atoms with Gasteiger partial charge in [-0.25, -0.2) is 13.9 Å². The van der Waals surface area contributed by atoms with Crippen molar-refractivity contribution < 1.29 is 19.0 Å². The van der Waals surface area contributed by atoms with E-state index in [1.54, 1.807) is 26.8 Å². The number of esters is 1. The first-order valence-corrected chi connectivity index (χ1v) is 8.26. The molecule has 2 aromatic heterocycles. The number of hydrogen-bond acceptors (Lipinski definition) is 6. The number of carbonyl (C=O) groups excluding carboxylic acids is 1. The van der Waals surface area contributed by atoms with Crippen LogP contribution in [0.1, 0.15) is 43.2 Å². The van der Waals surface area contributed by atoms with Gasteiger partial charge in [-0.15, -0.1) is 5.10 Å². The highest BCUT2D eigenvalue weighted by molar-refractivity contribution is 5.87. The number of pyridine rings is 1. The van der Waals surface area contributed by atoms with E-state index in [1.807, 2.05) is 0 Å². The summed E-state index contributed by atoms with van der Waals surface area (Å²) in [5.74, 6) is -0.616. The van der Waals surface area contributed by atoms with E-state index in [9.17, 15) is 14.0 Å². The lowest BCUT2D eigenvalue weighted by Gasteiger charge is -2.18. The molecule has 142 valence electrons. The van der Waals surface area contributed by atoms with Gasteiger partial charge in [0, 0.05) is 18.8 Å². The summed E-state index contributed by atoms with van der Waals surface area (Å²) in [6.45, 7) is 5.11. The summed E-state index contributed by atoms with van der Waals surface area (Å²) in [6, 6.07) is 2.93. The molecule has 2 rings (SSSR count). The van der Waals surface area contributed by atoms with Crippen LogP contribution in [0.4, 0.5) is 4.39 Å². The molecule has 26 heavy (non-hydrogen) atoms. The highest BCUT2D eigenvalue weighted by Gasteiger charge is 2.21. The Morgan fingerprint density at radius 3 is 2.77 bits per heavy atom. The topological polar surface area (TPSA) is 99.2 Å². The molecule has 0 aliphatic heterocycles. The van der Waals surface area contributed by atoms with Crippen LogP contribution in [0.15, 0.2) is 29.3 Å². The van der Waals surface area contributed by atoms with E-state index < -0.39 is 17.7 Å². The van der Waals surface area contributed by atoms with Crippen molar-refractivity contribution in [3.8, 4) is 0 Å². The number of aryl methyl sites for hydroxylation is 1. The van der Waals surface area contributed by atoms with Crippen molar-refractivity contribution >= 4 is 5.97 Å². The van der Waals surface area contributed by atoms with Gasteiger partial charge in [-0.05, 0) is 38.8 Å². The van der Waals surface area contributed by atoms with Crippen LogP contribution in [-0.2, 0) is 24.4 Å². The van der Waals surface area contributed by atoms with Crippen LogP contribution < -0.4 is 5.56 Å².